The normalized spacial score (nSPS) is 13.2. The van der Waals surface area contributed by atoms with E-state index in [9.17, 15) is 5.11 Å². The zero-order valence-corrected chi connectivity index (χ0v) is 15.2. The third kappa shape index (κ3) is 8.82. The molecule has 23 heavy (non-hydrogen) atoms. The van der Waals surface area contributed by atoms with Gasteiger partial charge in [-0.25, -0.2) is 4.99 Å². The lowest BCUT2D eigenvalue weighted by atomic mass is 9.94. The summed E-state index contributed by atoms with van der Waals surface area (Å²) in [4.78, 5) is 4.61. The summed E-state index contributed by atoms with van der Waals surface area (Å²) in [6.07, 6.45) is 1.92. The molecule has 3 N–H and O–H groups in total. The molecule has 0 aliphatic rings. The predicted octanol–water partition coefficient (Wildman–Crippen LogP) is 3.44. The molecule has 130 valence electrons. The van der Waals surface area contributed by atoms with E-state index in [1.54, 1.807) is 0 Å². The molecule has 1 aromatic rings. The average Bonchev–Trinajstić information content (AvgIpc) is 2.51. The minimum absolute atomic E-state index is 0.234. The van der Waals surface area contributed by atoms with Gasteiger partial charge in [-0.2, -0.15) is 0 Å². The smallest absolute Gasteiger partial charge is 0.191 e. The largest absolute Gasteiger partial charge is 0.396 e. The Kier molecular flexibility index (Phi) is 9.72. The number of halogens is 1. The second-order valence-corrected chi connectivity index (χ2v) is 6.65. The average molecular weight is 340 g/mol. The highest BCUT2D eigenvalue weighted by atomic mass is 35.5. The minimum Gasteiger partial charge on any atom is -0.396 e. The lowest BCUT2D eigenvalue weighted by molar-refractivity contribution is 0.243. The molecule has 0 heterocycles. The lowest BCUT2D eigenvalue weighted by Gasteiger charge is -2.20. The van der Waals surface area contributed by atoms with Crippen molar-refractivity contribution < 1.29 is 5.11 Å². The van der Waals surface area contributed by atoms with Crippen LogP contribution in [0.5, 0.6) is 0 Å². The quantitative estimate of drug-likeness (QED) is 0.477. The van der Waals surface area contributed by atoms with Gasteiger partial charge in [0, 0.05) is 24.7 Å². The highest BCUT2D eigenvalue weighted by molar-refractivity contribution is 6.30. The summed E-state index contributed by atoms with van der Waals surface area (Å²) in [6, 6.07) is 7.74. The van der Waals surface area contributed by atoms with Crippen molar-refractivity contribution in [1.29, 1.82) is 0 Å². The van der Waals surface area contributed by atoms with E-state index in [-0.39, 0.29) is 6.61 Å². The van der Waals surface area contributed by atoms with Gasteiger partial charge in [-0.05, 0) is 49.3 Å². The Hall–Kier alpha value is -1.26. The molecule has 0 saturated carbocycles. The summed E-state index contributed by atoms with van der Waals surface area (Å²) in [5, 5.41) is 16.6. The van der Waals surface area contributed by atoms with E-state index in [0.29, 0.717) is 18.4 Å². The van der Waals surface area contributed by atoms with Crippen molar-refractivity contribution in [3.05, 3.63) is 34.9 Å². The highest BCUT2D eigenvalue weighted by Crippen LogP contribution is 2.14. The summed E-state index contributed by atoms with van der Waals surface area (Å²) < 4.78 is 0. The number of rotatable bonds is 9. The Labute approximate surface area is 145 Å². The molecule has 0 bridgehead atoms. The third-order valence-corrected chi connectivity index (χ3v) is 3.83. The molecule has 1 aromatic carbocycles. The van der Waals surface area contributed by atoms with Gasteiger partial charge in [0.25, 0.3) is 0 Å². The number of hydrogen-bond donors (Lipinski definition) is 3. The molecule has 1 atom stereocenters. The standard InChI is InChI=1S/C18H30ClN3O/c1-4-20-18(21-12-15-5-7-17(19)8-6-15)22-13-16(9-10-23)11-14(2)3/h5-8,14,16,23H,4,9-13H2,1-3H3,(H2,20,21,22). The van der Waals surface area contributed by atoms with Crippen LogP contribution < -0.4 is 10.6 Å². The van der Waals surface area contributed by atoms with E-state index in [0.717, 1.165) is 42.5 Å². The Balaban J connectivity index is 2.58. The number of aliphatic hydroxyl groups is 1. The van der Waals surface area contributed by atoms with Crippen LogP contribution in [-0.4, -0.2) is 30.8 Å². The number of hydrogen-bond acceptors (Lipinski definition) is 2. The molecule has 1 unspecified atom stereocenters. The molecule has 0 radical (unpaired) electrons. The van der Waals surface area contributed by atoms with E-state index < -0.39 is 0 Å². The fourth-order valence-corrected chi connectivity index (χ4v) is 2.62. The zero-order chi connectivity index (χ0) is 17.1. The number of aliphatic hydroxyl groups excluding tert-OH is 1. The van der Waals surface area contributed by atoms with E-state index in [1.165, 1.54) is 0 Å². The summed E-state index contributed by atoms with van der Waals surface area (Å²) in [6.45, 7) is 8.97. The van der Waals surface area contributed by atoms with Gasteiger partial charge in [0.15, 0.2) is 5.96 Å². The first kappa shape index (κ1) is 19.8. The minimum atomic E-state index is 0.234. The molecular weight excluding hydrogens is 310 g/mol. The first-order valence-corrected chi connectivity index (χ1v) is 8.80. The summed E-state index contributed by atoms with van der Waals surface area (Å²) >= 11 is 5.90. The van der Waals surface area contributed by atoms with E-state index in [1.807, 2.05) is 24.3 Å². The van der Waals surface area contributed by atoms with Crippen LogP contribution in [0.25, 0.3) is 0 Å². The maximum Gasteiger partial charge on any atom is 0.191 e. The van der Waals surface area contributed by atoms with Gasteiger partial charge < -0.3 is 15.7 Å². The first-order valence-electron chi connectivity index (χ1n) is 8.42. The molecule has 0 amide bonds. The van der Waals surface area contributed by atoms with Crippen LogP contribution in [0.1, 0.15) is 39.2 Å². The van der Waals surface area contributed by atoms with Crippen molar-refractivity contribution >= 4 is 17.6 Å². The van der Waals surface area contributed by atoms with E-state index >= 15 is 0 Å². The first-order chi connectivity index (χ1) is 11.0. The van der Waals surface area contributed by atoms with Crippen LogP contribution in [0, 0.1) is 11.8 Å². The Morgan fingerprint density at radius 2 is 1.91 bits per heavy atom. The molecule has 1 rings (SSSR count). The fourth-order valence-electron chi connectivity index (χ4n) is 2.50. The second kappa shape index (κ2) is 11.3. The topological polar surface area (TPSA) is 56.7 Å². The van der Waals surface area contributed by atoms with Crippen molar-refractivity contribution in [2.75, 3.05) is 19.7 Å². The van der Waals surface area contributed by atoms with Gasteiger partial charge in [-0.15, -0.1) is 0 Å². The SMILES string of the molecule is CCNC(=NCc1ccc(Cl)cc1)NCC(CCO)CC(C)C. The van der Waals surface area contributed by atoms with Gasteiger partial charge in [0.1, 0.15) is 0 Å². The zero-order valence-electron chi connectivity index (χ0n) is 14.5. The third-order valence-electron chi connectivity index (χ3n) is 3.58. The Bertz CT molecular complexity index is 460. The summed E-state index contributed by atoms with van der Waals surface area (Å²) in [5.74, 6) is 1.90. The molecule has 0 aliphatic heterocycles. The van der Waals surface area contributed by atoms with E-state index in [4.69, 9.17) is 11.6 Å². The molecule has 0 aromatic heterocycles. The van der Waals surface area contributed by atoms with Crippen molar-refractivity contribution in [3.63, 3.8) is 0 Å². The fraction of sp³-hybridized carbons (Fsp3) is 0.611. The van der Waals surface area contributed by atoms with Gasteiger partial charge in [-0.1, -0.05) is 37.6 Å². The van der Waals surface area contributed by atoms with Crippen molar-refractivity contribution in [2.24, 2.45) is 16.8 Å². The molecule has 4 nitrogen and oxygen atoms in total. The maximum atomic E-state index is 9.21. The monoisotopic (exact) mass is 339 g/mol. The molecule has 0 aliphatic carbocycles. The predicted molar refractivity (Wildman–Crippen MR) is 98.9 cm³/mol. The molecule has 0 fully saturated rings. The number of aliphatic imine (C=N–C) groups is 1. The van der Waals surface area contributed by atoms with Crippen LogP contribution >= 0.6 is 11.6 Å². The molecule has 0 spiro atoms. The molecule has 5 heteroatoms. The van der Waals surface area contributed by atoms with Crippen molar-refractivity contribution in [3.8, 4) is 0 Å². The van der Waals surface area contributed by atoms with Crippen LogP contribution in [0.2, 0.25) is 5.02 Å². The van der Waals surface area contributed by atoms with Crippen molar-refractivity contribution in [2.45, 2.75) is 40.2 Å². The lowest BCUT2D eigenvalue weighted by Crippen LogP contribution is -2.40. The summed E-state index contributed by atoms with van der Waals surface area (Å²) in [7, 11) is 0. The second-order valence-electron chi connectivity index (χ2n) is 6.21. The molecule has 0 saturated heterocycles. The van der Waals surface area contributed by atoms with E-state index in [2.05, 4.69) is 36.4 Å². The van der Waals surface area contributed by atoms with Crippen molar-refractivity contribution in [1.82, 2.24) is 10.6 Å². The molecular formula is C18H30ClN3O. The summed E-state index contributed by atoms with van der Waals surface area (Å²) in [5.41, 5.74) is 1.13. The number of nitrogens with zero attached hydrogens (tertiary/aromatic N) is 1. The highest BCUT2D eigenvalue weighted by Gasteiger charge is 2.11. The number of nitrogens with one attached hydrogen (secondary N) is 2. The Morgan fingerprint density at radius 1 is 1.22 bits per heavy atom. The Morgan fingerprint density at radius 3 is 2.48 bits per heavy atom. The van der Waals surface area contributed by atoms with Crippen LogP contribution in [0.15, 0.2) is 29.3 Å². The van der Waals surface area contributed by atoms with Gasteiger partial charge in [-0.3, -0.25) is 0 Å². The van der Waals surface area contributed by atoms with Gasteiger partial charge in [0.2, 0.25) is 0 Å². The van der Waals surface area contributed by atoms with Gasteiger partial charge in [0.05, 0.1) is 6.54 Å². The van der Waals surface area contributed by atoms with Gasteiger partial charge >= 0.3 is 0 Å². The van der Waals surface area contributed by atoms with Crippen LogP contribution in [-0.2, 0) is 6.54 Å². The number of benzene rings is 1. The van der Waals surface area contributed by atoms with Crippen LogP contribution in [0.4, 0.5) is 0 Å². The van der Waals surface area contributed by atoms with Crippen LogP contribution in [0.3, 0.4) is 0 Å². The maximum absolute atomic E-state index is 9.21. The number of guanidine groups is 1.